The number of benzene rings is 1. The topological polar surface area (TPSA) is 85.1 Å². The quantitative estimate of drug-likeness (QED) is 0.648. The highest BCUT2D eigenvalue weighted by Crippen LogP contribution is 2.24. The van der Waals surface area contributed by atoms with Crippen LogP contribution in [0.3, 0.4) is 0 Å². The van der Waals surface area contributed by atoms with Crippen LogP contribution in [0.15, 0.2) is 36.5 Å². The van der Waals surface area contributed by atoms with E-state index in [-0.39, 0.29) is 0 Å². The van der Waals surface area contributed by atoms with Crippen LogP contribution in [0.4, 0.5) is 0 Å². The van der Waals surface area contributed by atoms with Gasteiger partial charge in [0.1, 0.15) is 0 Å². The maximum atomic E-state index is 11.7. The molecule has 0 bridgehead atoms. The molecule has 2 aromatic rings. The van der Waals surface area contributed by atoms with Gasteiger partial charge in [-0.15, -0.1) is 0 Å². The summed E-state index contributed by atoms with van der Waals surface area (Å²) >= 11 is 0. The highest BCUT2D eigenvalue weighted by atomic mass is 32.2. The van der Waals surface area contributed by atoms with E-state index in [4.69, 9.17) is 5.84 Å². The average Bonchev–Trinajstić information content (AvgIpc) is 2.38. The minimum Gasteiger partial charge on any atom is -0.271 e. The lowest BCUT2D eigenvalue weighted by Gasteiger charge is -2.22. The minimum absolute atomic E-state index is 0.445. The highest BCUT2D eigenvalue weighted by molar-refractivity contribution is 7.91. The van der Waals surface area contributed by atoms with Crippen molar-refractivity contribution in [1.29, 1.82) is 0 Å². The van der Waals surface area contributed by atoms with Crippen molar-refractivity contribution in [1.82, 2.24) is 10.4 Å². The summed E-state index contributed by atoms with van der Waals surface area (Å²) in [5, 5.41) is 0.354. The molecule has 0 aliphatic carbocycles. The molecule has 0 fully saturated rings. The van der Waals surface area contributed by atoms with Crippen molar-refractivity contribution in [2.75, 3.05) is 6.26 Å². The zero-order chi connectivity index (χ0) is 14.0. The summed E-state index contributed by atoms with van der Waals surface area (Å²) in [4.78, 5) is 4.23. The van der Waals surface area contributed by atoms with Crippen molar-refractivity contribution in [3.8, 4) is 0 Å². The molecule has 6 heteroatoms. The Morgan fingerprint density at radius 1 is 1.32 bits per heavy atom. The monoisotopic (exact) mass is 279 g/mol. The van der Waals surface area contributed by atoms with E-state index in [0.717, 1.165) is 16.5 Å². The molecule has 0 saturated heterocycles. The molecule has 1 aromatic carbocycles. The van der Waals surface area contributed by atoms with E-state index >= 15 is 0 Å². The molecule has 3 N–H and O–H groups in total. The molecule has 0 spiro atoms. The van der Waals surface area contributed by atoms with Crippen LogP contribution in [0.2, 0.25) is 0 Å². The standard InChI is InChI=1S/C13H17N3O2S/c1-9(19(2,17)18)13(16-14)11-5-6-12-10(8-11)4-3-7-15-12/h3-9,13,16H,14H2,1-2H3. The number of hydrogen-bond donors (Lipinski definition) is 2. The van der Waals surface area contributed by atoms with Crippen molar-refractivity contribution in [3.63, 3.8) is 0 Å². The molecule has 2 atom stereocenters. The predicted molar refractivity (Wildman–Crippen MR) is 76.1 cm³/mol. The number of aromatic nitrogens is 1. The Labute approximate surface area is 112 Å². The molecule has 102 valence electrons. The number of pyridine rings is 1. The van der Waals surface area contributed by atoms with Crippen LogP contribution in [0.25, 0.3) is 10.9 Å². The third-order valence-electron chi connectivity index (χ3n) is 3.31. The lowest BCUT2D eigenvalue weighted by Crippen LogP contribution is -2.38. The van der Waals surface area contributed by atoms with Gasteiger partial charge in [0.25, 0.3) is 0 Å². The Morgan fingerprint density at radius 3 is 2.68 bits per heavy atom. The second kappa shape index (κ2) is 5.24. The van der Waals surface area contributed by atoms with Gasteiger partial charge in [-0.3, -0.25) is 16.3 Å². The molecule has 2 rings (SSSR count). The fourth-order valence-corrected chi connectivity index (χ4v) is 2.77. The van der Waals surface area contributed by atoms with Gasteiger partial charge in [0.2, 0.25) is 0 Å². The van der Waals surface area contributed by atoms with Gasteiger partial charge in [-0.1, -0.05) is 12.1 Å². The third kappa shape index (κ3) is 2.91. The summed E-state index contributed by atoms with van der Waals surface area (Å²) in [7, 11) is -3.17. The number of fused-ring (bicyclic) bond motifs is 1. The lowest BCUT2D eigenvalue weighted by molar-refractivity contribution is 0.514. The first kappa shape index (κ1) is 13.9. The first-order valence-corrected chi connectivity index (χ1v) is 7.88. The Balaban J connectivity index is 2.46. The summed E-state index contributed by atoms with van der Waals surface area (Å²) < 4.78 is 23.3. The van der Waals surface area contributed by atoms with E-state index in [1.54, 1.807) is 13.1 Å². The number of hydrazine groups is 1. The number of nitrogens with zero attached hydrogens (tertiary/aromatic N) is 1. The molecule has 1 aromatic heterocycles. The summed E-state index contributed by atoms with van der Waals surface area (Å²) in [5.74, 6) is 5.52. The predicted octanol–water partition coefficient (Wildman–Crippen LogP) is 1.17. The molecular formula is C13H17N3O2S. The molecule has 5 nitrogen and oxygen atoms in total. The van der Waals surface area contributed by atoms with E-state index in [2.05, 4.69) is 10.4 Å². The van der Waals surface area contributed by atoms with Crippen LogP contribution in [-0.2, 0) is 9.84 Å². The number of nitrogens with two attached hydrogens (primary N) is 1. The van der Waals surface area contributed by atoms with Gasteiger partial charge in [0.05, 0.1) is 16.8 Å². The minimum atomic E-state index is -3.17. The van der Waals surface area contributed by atoms with E-state index in [1.165, 1.54) is 6.26 Å². The van der Waals surface area contributed by atoms with Gasteiger partial charge in [-0.05, 0) is 30.7 Å². The van der Waals surface area contributed by atoms with Crippen LogP contribution in [0.5, 0.6) is 0 Å². The molecular weight excluding hydrogens is 262 g/mol. The molecule has 0 radical (unpaired) electrons. The van der Waals surface area contributed by atoms with E-state index < -0.39 is 21.1 Å². The number of nitrogens with one attached hydrogen (secondary N) is 1. The Morgan fingerprint density at radius 2 is 2.05 bits per heavy atom. The smallest absolute Gasteiger partial charge is 0.151 e. The molecule has 0 aliphatic rings. The van der Waals surface area contributed by atoms with E-state index in [1.807, 2.05) is 30.3 Å². The lowest BCUT2D eigenvalue weighted by atomic mass is 10.0. The van der Waals surface area contributed by atoms with Crippen LogP contribution in [0, 0.1) is 0 Å². The number of rotatable bonds is 4. The molecule has 19 heavy (non-hydrogen) atoms. The summed E-state index contributed by atoms with van der Waals surface area (Å²) in [5.41, 5.74) is 4.29. The Bertz CT molecular complexity index is 685. The SMILES string of the molecule is CC(C(NN)c1ccc2ncccc2c1)S(C)(=O)=O. The summed E-state index contributed by atoms with van der Waals surface area (Å²) in [6, 6.07) is 8.96. The van der Waals surface area contributed by atoms with Crippen LogP contribution >= 0.6 is 0 Å². The fourth-order valence-electron chi connectivity index (χ4n) is 2.04. The average molecular weight is 279 g/mol. The maximum Gasteiger partial charge on any atom is 0.151 e. The van der Waals surface area contributed by atoms with E-state index in [0.29, 0.717) is 0 Å². The molecule has 2 unspecified atom stereocenters. The van der Waals surface area contributed by atoms with Crippen LogP contribution in [0.1, 0.15) is 18.5 Å². The van der Waals surface area contributed by atoms with Crippen molar-refractivity contribution in [2.24, 2.45) is 5.84 Å². The normalized spacial score (nSPS) is 15.3. The van der Waals surface area contributed by atoms with Gasteiger partial charge in [-0.25, -0.2) is 8.42 Å². The van der Waals surface area contributed by atoms with Crippen molar-refractivity contribution in [3.05, 3.63) is 42.1 Å². The Hall–Kier alpha value is -1.50. The molecule has 0 saturated carbocycles. The van der Waals surface area contributed by atoms with Gasteiger partial charge in [0.15, 0.2) is 9.84 Å². The Kier molecular flexibility index (Phi) is 3.84. The van der Waals surface area contributed by atoms with Gasteiger partial charge in [0, 0.05) is 17.8 Å². The first-order valence-electron chi connectivity index (χ1n) is 5.93. The summed E-state index contributed by atoms with van der Waals surface area (Å²) in [6.07, 6.45) is 2.93. The van der Waals surface area contributed by atoms with Gasteiger partial charge < -0.3 is 0 Å². The van der Waals surface area contributed by atoms with E-state index in [9.17, 15) is 8.42 Å². The van der Waals surface area contributed by atoms with Crippen LogP contribution in [-0.4, -0.2) is 24.9 Å². The number of sulfone groups is 1. The van der Waals surface area contributed by atoms with Crippen molar-refractivity contribution in [2.45, 2.75) is 18.2 Å². The molecule has 0 amide bonds. The first-order chi connectivity index (χ1) is 8.93. The van der Waals surface area contributed by atoms with Crippen molar-refractivity contribution < 1.29 is 8.42 Å². The molecule has 1 heterocycles. The van der Waals surface area contributed by atoms with Gasteiger partial charge >= 0.3 is 0 Å². The zero-order valence-corrected chi connectivity index (χ0v) is 11.7. The zero-order valence-electron chi connectivity index (χ0n) is 10.9. The fraction of sp³-hybridized carbons (Fsp3) is 0.308. The summed E-state index contributed by atoms with van der Waals surface area (Å²) in [6.45, 7) is 1.65. The maximum absolute atomic E-state index is 11.7. The molecule has 0 aliphatic heterocycles. The number of hydrogen-bond acceptors (Lipinski definition) is 5. The second-order valence-corrected chi connectivity index (χ2v) is 7.04. The van der Waals surface area contributed by atoms with Crippen LogP contribution < -0.4 is 11.3 Å². The second-order valence-electron chi connectivity index (χ2n) is 4.63. The highest BCUT2D eigenvalue weighted by Gasteiger charge is 2.26. The van der Waals surface area contributed by atoms with Gasteiger partial charge in [-0.2, -0.15) is 0 Å². The largest absolute Gasteiger partial charge is 0.271 e. The third-order valence-corrected chi connectivity index (χ3v) is 4.93. The van der Waals surface area contributed by atoms with Crippen molar-refractivity contribution >= 4 is 20.7 Å².